The lowest BCUT2D eigenvalue weighted by molar-refractivity contribution is 0.372. The van der Waals surface area contributed by atoms with Gasteiger partial charge in [0, 0.05) is 25.7 Å². The van der Waals surface area contributed by atoms with Crippen LogP contribution in [0, 0.1) is 0 Å². The molecule has 17 heavy (non-hydrogen) atoms. The second kappa shape index (κ2) is 6.57. The summed E-state index contributed by atoms with van der Waals surface area (Å²) in [7, 11) is 4.18. The van der Waals surface area contributed by atoms with Crippen LogP contribution in [0.1, 0.15) is 19.5 Å². The second-order valence-electron chi connectivity index (χ2n) is 4.59. The highest BCUT2D eigenvalue weighted by Crippen LogP contribution is 2.14. The molecular formula is C13H24N4. The molecule has 0 aliphatic heterocycles. The van der Waals surface area contributed by atoms with E-state index in [1.54, 1.807) is 0 Å². The third-order valence-electron chi connectivity index (χ3n) is 2.80. The number of nitrogens with zero attached hydrogens (tertiary/aromatic N) is 3. The van der Waals surface area contributed by atoms with E-state index in [-0.39, 0.29) is 0 Å². The van der Waals surface area contributed by atoms with Crippen LogP contribution < -0.4 is 10.6 Å². The highest BCUT2D eigenvalue weighted by molar-refractivity contribution is 5.40. The first-order valence-electron chi connectivity index (χ1n) is 6.15. The summed E-state index contributed by atoms with van der Waals surface area (Å²) in [5, 5.41) is 0. The van der Waals surface area contributed by atoms with E-state index >= 15 is 0 Å². The number of pyridine rings is 1. The Morgan fingerprint density at radius 1 is 1.35 bits per heavy atom. The Morgan fingerprint density at radius 3 is 2.59 bits per heavy atom. The minimum atomic E-state index is 0.440. The van der Waals surface area contributed by atoms with Crippen molar-refractivity contribution in [3.05, 3.63) is 23.9 Å². The molecule has 1 unspecified atom stereocenters. The first-order valence-corrected chi connectivity index (χ1v) is 6.15. The molecule has 0 aliphatic rings. The molecule has 0 spiro atoms. The predicted molar refractivity (Wildman–Crippen MR) is 73.2 cm³/mol. The average Bonchev–Trinajstić information content (AvgIpc) is 2.29. The molecule has 0 radical (unpaired) electrons. The molecule has 1 aromatic rings. The van der Waals surface area contributed by atoms with Crippen molar-refractivity contribution in [2.24, 2.45) is 5.73 Å². The van der Waals surface area contributed by atoms with Crippen molar-refractivity contribution in [2.45, 2.75) is 26.4 Å². The molecule has 4 heteroatoms. The van der Waals surface area contributed by atoms with Crippen LogP contribution in [0.25, 0.3) is 0 Å². The van der Waals surface area contributed by atoms with E-state index in [0.717, 1.165) is 24.6 Å². The van der Waals surface area contributed by atoms with Crippen LogP contribution in [0.2, 0.25) is 0 Å². The van der Waals surface area contributed by atoms with Gasteiger partial charge >= 0.3 is 0 Å². The van der Waals surface area contributed by atoms with Crippen LogP contribution in [0.3, 0.4) is 0 Å². The molecule has 2 N–H and O–H groups in total. The van der Waals surface area contributed by atoms with Crippen LogP contribution in [0.15, 0.2) is 18.2 Å². The molecule has 4 nitrogen and oxygen atoms in total. The summed E-state index contributed by atoms with van der Waals surface area (Å²) in [6, 6.07) is 6.48. The van der Waals surface area contributed by atoms with Gasteiger partial charge in [-0.1, -0.05) is 6.07 Å². The highest BCUT2D eigenvalue weighted by atomic mass is 15.2. The zero-order chi connectivity index (χ0) is 12.8. The molecule has 0 fully saturated rings. The molecule has 0 bridgehead atoms. The van der Waals surface area contributed by atoms with Crippen LogP contribution in [-0.4, -0.2) is 43.1 Å². The van der Waals surface area contributed by atoms with Crippen LogP contribution in [0.4, 0.5) is 5.82 Å². The third-order valence-corrected chi connectivity index (χ3v) is 2.80. The van der Waals surface area contributed by atoms with Gasteiger partial charge in [0.25, 0.3) is 0 Å². The van der Waals surface area contributed by atoms with Crippen molar-refractivity contribution in [3.63, 3.8) is 0 Å². The number of hydrogen-bond donors (Lipinski definition) is 1. The van der Waals surface area contributed by atoms with E-state index < -0.39 is 0 Å². The SMILES string of the molecule is CCN(c1cccc(CN)n1)C(C)CN(C)C. The quantitative estimate of drug-likeness (QED) is 0.809. The fraction of sp³-hybridized carbons (Fsp3) is 0.615. The molecule has 1 aromatic heterocycles. The molecule has 0 aromatic carbocycles. The molecule has 1 atom stereocenters. The van der Waals surface area contributed by atoms with Gasteiger partial charge in [-0.3, -0.25) is 0 Å². The molecule has 96 valence electrons. The Bertz CT molecular complexity index is 338. The van der Waals surface area contributed by atoms with Gasteiger partial charge in [0.1, 0.15) is 5.82 Å². The minimum absolute atomic E-state index is 0.440. The van der Waals surface area contributed by atoms with Crippen LogP contribution in [-0.2, 0) is 6.54 Å². The van der Waals surface area contributed by atoms with E-state index in [1.807, 2.05) is 12.1 Å². The Hall–Kier alpha value is -1.13. The second-order valence-corrected chi connectivity index (χ2v) is 4.59. The Morgan fingerprint density at radius 2 is 2.06 bits per heavy atom. The molecule has 0 saturated heterocycles. The fourth-order valence-corrected chi connectivity index (χ4v) is 2.07. The van der Waals surface area contributed by atoms with Gasteiger partial charge in [-0.15, -0.1) is 0 Å². The molecule has 0 amide bonds. The van der Waals surface area contributed by atoms with Crippen LogP contribution >= 0.6 is 0 Å². The zero-order valence-electron chi connectivity index (χ0n) is 11.3. The predicted octanol–water partition coefficient (Wildman–Crippen LogP) is 1.32. The maximum absolute atomic E-state index is 5.63. The van der Waals surface area contributed by atoms with Gasteiger partial charge in [0.15, 0.2) is 0 Å². The normalized spacial score (nSPS) is 12.8. The molecular weight excluding hydrogens is 212 g/mol. The summed E-state index contributed by atoms with van der Waals surface area (Å²) in [4.78, 5) is 9.07. The van der Waals surface area contributed by atoms with Gasteiger partial charge in [-0.05, 0) is 40.1 Å². The van der Waals surface area contributed by atoms with E-state index in [4.69, 9.17) is 5.73 Å². The fourth-order valence-electron chi connectivity index (χ4n) is 2.07. The Labute approximate surface area is 104 Å². The summed E-state index contributed by atoms with van der Waals surface area (Å²) in [6.07, 6.45) is 0. The number of nitrogens with two attached hydrogens (primary N) is 1. The lowest BCUT2D eigenvalue weighted by Crippen LogP contribution is -2.40. The monoisotopic (exact) mass is 236 g/mol. The lowest BCUT2D eigenvalue weighted by Gasteiger charge is -2.31. The summed E-state index contributed by atoms with van der Waals surface area (Å²) in [5.41, 5.74) is 6.57. The first kappa shape index (κ1) is 13.9. The number of likely N-dealkylation sites (N-methyl/N-ethyl adjacent to an activating group) is 2. The van der Waals surface area contributed by atoms with Crippen molar-refractivity contribution in [2.75, 3.05) is 32.1 Å². The van der Waals surface area contributed by atoms with Gasteiger partial charge < -0.3 is 15.5 Å². The smallest absolute Gasteiger partial charge is 0.129 e. The number of rotatable bonds is 6. The van der Waals surface area contributed by atoms with Crippen molar-refractivity contribution in [1.82, 2.24) is 9.88 Å². The van der Waals surface area contributed by atoms with E-state index in [0.29, 0.717) is 12.6 Å². The summed E-state index contributed by atoms with van der Waals surface area (Å²) < 4.78 is 0. The number of aromatic nitrogens is 1. The van der Waals surface area contributed by atoms with E-state index in [9.17, 15) is 0 Å². The largest absolute Gasteiger partial charge is 0.353 e. The van der Waals surface area contributed by atoms with Gasteiger partial charge in [0.2, 0.25) is 0 Å². The van der Waals surface area contributed by atoms with Crippen molar-refractivity contribution in [1.29, 1.82) is 0 Å². The molecule has 0 aliphatic carbocycles. The highest BCUT2D eigenvalue weighted by Gasteiger charge is 2.14. The van der Waals surface area contributed by atoms with E-state index in [1.165, 1.54) is 0 Å². The van der Waals surface area contributed by atoms with Crippen molar-refractivity contribution in [3.8, 4) is 0 Å². The summed E-state index contributed by atoms with van der Waals surface area (Å²) in [6.45, 7) is 6.84. The first-order chi connectivity index (χ1) is 8.08. The Balaban J connectivity index is 2.84. The topological polar surface area (TPSA) is 45.4 Å². The van der Waals surface area contributed by atoms with Gasteiger partial charge in [-0.2, -0.15) is 0 Å². The molecule has 1 heterocycles. The minimum Gasteiger partial charge on any atom is -0.353 e. The zero-order valence-corrected chi connectivity index (χ0v) is 11.3. The summed E-state index contributed by atoms with van der Waals surface area (Å²) in [5.74, 6) is 1.02. The van der Waals surface area contributed by atoms with E-state index in [2.05, 4.69) is 48.8 Å². The number of hydrogen-bond acceptors (Lipinski definition) is 4. The van der Waals surface area contributed by atoms with Crippen molar-refractivity contribution >= 4 is 5.82 Å². The standard InChI is InChI=1S/C13H24N4/c1-5-17(11(2)10-16(3)4)13-8-6-7-12(9-14)15-13/h6-8,11H,5,9-10,14H2,1-4H3. The third kappa shape index (κ3) is 3.98. The van der Waals surface area contributed by atoms with Crippen LogP contribution in [0.5, 0.6) is 0 Å². The van der Waals surface area contributed by atoms with Gasteiger partial charge in [-0.25, -0.2) is 4.98 Å². The maximum atomic E-state index is 5.63. The molecule has 1 rings (SSSR count). The Kier molecular flexibility index (Phi) is 5.38. The lowest BCUT2D eigenvalue weighted by atomic mass is 10.2. The van der Waals surface area contributed by atoms with Crippen molar-refractivity contribution < 1.29 is 0 Å². The average molecular weight is 236 g/mol. The number of anilines is 1. The summed E-state index contributed by atoms with van der Waals surface area (Å²) >= 11 is 0. The maximum Gasteiger partial charge on any atom is 0.129 e. The molecule has 0 saturated carbocycles. The van der Waals surface area contributed by atoms with Gasteiger partial charge in [0.05, 0.1) is 5.69 Å².